The van der Waals surface area contributed by atoms with Gasteiger partial charge in [0.05, 0.1) is 0 Å². The Morgan fingerprint density at radius 2 is 0.574 bits per heavy atom. The van der Waals surface area contributed by atoms with Crippen molar-refractivity contribution in [1.82, 2.24) is 0 Å². The predicted octanol–water partition coefficient (Wildman–Crippen LogP) is 40.2. The maximum absolute atomic E-state index is 2.36. The highest BCUT2D eigenvalue weighted by Crippen LogP contribution is 2.40. The Balaban J connectivity index is 0.000000160. The van der Waals surface area contributed by atoms with Gasteiger partial charge < -0.3 is 0 Å². The molecule has 0 fully saturated rings. The van der Waals surface area contributed by atoms with Gasteiger partial charge in [-0.3, -0.25) is 0 Å². The van der Waals surface area contributed by atoms with Crippen LogP contribution in [-0.2, 0) is 83.5 Å². The van der Waals surface area contributed by atoms with Crippen LogP contribution in [0.5, 0.6) is 0 Å². The molecule has 0 N–H and O–H groups in total. The van der Waals surface area contributed by atoms with Gasteiger partial charge >= 0.3 is 0 Å². The molecule has 0 atom stereocenters. The molecule has 716 valence electrons. The second-order valence-corrected chi connectivity index (χ2v) is 36.0. The van der Waals surface area contributed by atoms with Crippen LogP contribution in [0.4, 0.5) is 0 Å². The summed E-state index contributed by atoms with van der Waals surface area (Å²) in [6, 6.07) is 154. The molecular weight excluding hydrogens is 1690 g/mol. The summed E-state index contributed by atoms with van der Waals surface area (Å²) in [7, 11) is 0. The number of fused-ring (bicyclic) bond motifs is 5. The van der Waals surface area contributed by atoms with Gasteiger partial charge in [0.1, 0.15) is 0 Å². The lowest BCUT2D eigenvalue weighted by Crippen LogP contribution is -2.04. The van der Waals surface area contributed by atoms with Crippen LogP contribution < -0.4 is 0 Å². The first-order chi connectivity index (χ1) is 67.8. The van der Waals surface area contributed by atoms with Crippen molar-refractivity contribution in [3.05, 3.63) is 556 Å². The van der Waals surface area contributed by atoms with E-state index in [1.54, 1.807) is 22.3 Å². The van der Waals surface area contributed by atoms with Crippen LogP contribution in [-0.4, -0.2) is 0 Å². The summed E-state index contributed by atoms with van der Waals surface area (Å²) in [6.07, 6.45) is 40.4. The molecule has 0 spiro atoms. The standard InChI is InChI=1S/C16H12.C16H16.C14H10.C13H12.C13H10.C13H14.C10H12.C10H8.2C10H14.2C6H6.4CH4.H2/c1-3-11-7-9-13-5-2-6-14-10-8-12(4-1)15(11)16(13)14;1-2-5-12-10-11-14-7-3-6-13-8-4-9-15(12)16(13)14;1-2-6-12-10-14-8-4-3-7-13(14)9-11(12)5-1;2*1-4-10-6-2-8-12-9-3-7-11(5-1)13(10)12;1-2-6-11-8-5-9-12-7-3-4-10-13(11)12;2*1-2-6-10-8-4-3-7-9(10)5-1;1-3-9-7-5-6-8-10(9)4-2;1-2-3-7-10-8-5-4-6-9-10;2*1-2-4-6-5-3-1;;;;;/h1-5,8-10H,6-7H2;3-4,6-7,9-11H,2,5,8H2,1H3;1-10H;1-2,4-6,8H,3,7,9H2;1-8H,9H2;3-5,7-10H,2,6H2,1H3;1-2,5-6H,3-4,7-8H2;1-8H;5-8H,3-4H2,1-2H3;4-6,8-9H,2-3,7H2,1H3;2*1-6H;4*1H4;1H/i;;;;;;;;;;;;;;;;1+2. The first-order valence-corrected chi connectivity index (χ1v) is 50.6. The summed E-state index contributed by atoms with van der Waals surface area (Å²) in [6.45, 7) is 11.1. The number of hydrogen-bond donors (Lipinski definition) is 0. The molecule has 0 unspecified atom stereocenters. The Morgan fingerprint density at radius 1 is 0.220 bits per heavy atom. The molecule has 0 saturated heterocycles. The molecule has 0 bridgehead atoms. The molecule has 0 saturated carbocycles. The summed E-state index contributed by atoms with van der Waals surface area (Å²) in [5, 5.41) is 22.1. The normalized spacial score (nSPS) is 12.0. The van der Waals surface area contributed by atoms with Crippen LogP contribution in [0.3, 0.4) is 0 Å². The lowest BCUT2D eigenvalue weighted by molar-refractivity contribution is 0.685. The van der Waals surface area contributed by atoms with Crippen molar-refractivity contribution in [2.75, 3.05) is 0 Å². The van der Waals surface area contributed by atoms with Gasteiger partial charge in [-0.05, 0) is 302 Å². The van der Waals surface area contributed by atoms with E-state index in [4.69, 9.17) is 0 Å². The third-order valence-corrected chi connectivity index (χ3v) is 26.5. The Labute approximate surface area is 848 Å². The van der Waals surface area contributed by atoms with Gasteiger partial charge in [0.15, 0.2) is 0 Å². The summed E-state index contributed by atoms with van der Waals surface area (Å²) in [5.74, 6) is 0. The zero-order valence-corrected chi connectivity index (χ0v) is 81.3. The number of rotatable bonds is 9. The van der Waals surface area contributed by atoms with Crippen LogP contribution >= 0.6 is 0 Å². The largest absolute Gasteiger partial charge is 0.0795 e. The Morgan fingerprint density at radius 3 is 1.09 bits per heavy atom. The van der Waals surface area contributed by atoms with E-state index in [0.29, 0.717) is 0 Å². The first kappa shape index (κ1) is 107. The molecule has 0 aliphatic heterocycles. The smallest absolute Gasteiger partial charge is 0 e. The van der Waals surface area contributed by atoms with Crippen LogP contribution in [0.1, 0.15) is 200 Å². The van der Waals surface area contributed by atoms with E-state index < -0.39 is 0 Å². The van der Waals surface area contributed by atoms with Crippen molar-refractivity contribution >= 4 is 104 Å². The summed E-state index contributed by atoms with van der Waals surface area (Å²) < 4.78 is 0. The lowest BCUT2D eigenvalue weighted by Gasteiger charge is -2.22. The highest BCUT2D eigenvalue weighted by Gasteiger charge is 2.20. The van der Waals surface area contributed by atoms with Gasteiger partial charge in [0, 0.05) is 1.43 Å². The highest BCUT2D eigenvalue weighted by molar-refractivity contribution is 6.03. The SMILES string of the molecule is C.C.C.C.C1=CC2=CCc3cccc4ccc(c2c34)C1.C1=Cc2cccc3cccc(c23)C1.CCCCc1ccccc1.CCCc1ccc2cccc3c2c1C=CC3.CCCc1cccc2ccccc12.CCc1ccccc1CC.[3HH].c1cc2c3c(cccc3c1)CCC2.c1ccc2c(c1)CCCC2.c1ccc2cc3ccccc3cc2c1.c1ccc2ccccc2c1.c1ccccc1.c1ccccc1. The fourth-order valence-corrected chi connectivity index (χ4v) is 19.6. The van der Waals surface area contributed by atoms with Crippen LogP contribution in [0.2, 0.25) is 0 Å². The van der Waals surface area contributed by atoms with Crippen molar-refractivity contribution in [2.24, 2.45) is 0 Å². The van der Waals surface area contributed by atoms with E-state index >= 15 is 0 Å². The molecule has 0 aromatic heterocycles. The van der Waals surface area contributed by atoms with Gasteiger partial charge in [0.2, 0.25) is 0 Å². The minimum absolute atomic E-state index is 0. The second kappa shape index (κ2) is 57.7. The molecule has 0 radical (unpaired) electrons. The van der Waals surface area contributed by atoms with E-state index in [0.717, 1.165) is 38.5 Å². The third-order valence-electron chi connectivity index (χ3n) is 26.5. The van der Waals surface area contributed by atoms with Gasteiger partial charge in [0.25, 0.3) is 0 Å². The fourth-order valence-electron chi connectivity index (χ4n) is 19.6. The predicted molar refractivity (Wildman–Crippen MR) is 630 cm³/mol. The monoisotopic (exact) mass is 1850 g/mol. The molecular formula is C141H152. The average Bonchev–Trinajstić information content (AvgIpc) is 0.750. The van der Waals surface area contributed by atoms with Crippen molar-refractivity contribution < 1.29 is 1.43 Å². The van der Waals surface area contributed by atoms with E-state index in [1.807, 2.05) is 72.8 Å². The van der Waals surface area contributed by atoms with Gasteiger partial charge in [-0.2, -0.15) is 0 Å². The first-order valence-electron chi connectivity index (χ1n) is 50.6. The highest BCUT2D eigenvalue weighted by atomic mass is 14.2. The van der Waals surface area contributed by atoms with E-state index in [9.17, 15) is 0 Å². The summed E-state index contributed by atoms with van der Waals surface area (Å²) >= 11 is 0. The van der Waals surface area contributed by atoms with Gasteiger partial charge in [-0.15, -0.1) is 0 Å². The second-order valence-electron chi connectivity index (χ2n) is 36.0. The molecule has 141 heavy (non-hydrogen) atoms. The number of unbranched alkanes of at least 4 members (excludes halogenated alkanes) is 1. The van der Waals surface area contributed by atoms with E-state index in [1.165, 1.54) is 248 Å². The molecule has 20 aromatic rings. The van der Waals surface area contributed by atoms with Crippen molar-refractivity contribution in [3.8, 4) is 0 Å². The van der Waals surface area contributed by atoms with E-state index in [-0.39, 0.29) is 31.1 Å². The summed E-state index contributed by atoms with van der Waals surface area (Å²) in [5.41, 5.74) is 25.3. The van der Waals surface area contributed by atoms with Crippen molar-refractivity contribution in [3.63, 3.8) is 0 Å². The molecule has 6 aliphatic carbocycles. The fraction of sp³-hybridized carbons (Fsp3) is 0.206. The zero-order valence-electron chi connectivity index (χ0n) is 81.3. The van der Waals surface area contributed by atoms with Crippen molar-refractivity contribution in [1.29, 1.82) is 0 Å². The number of benzene rings is 20. The van der Waals surface area contributed by atoms with Crippen LogP contribution in [0, 0.1) is 0 Å². The maximum Gasteiger partial charge on any atom is 0 e. The molecule has 0 nitrogen and oxygen atoms in total. The lowest BCUT2D eigenvalue weighted by atomic mass is 9.82. The number of allylic oxidation sites excluding steroid dienone is 6. The minimum Gasteiger partial charge on any atom is -0.0795 e. The van der Waals surface area contributed by atoms with Crippen LogP contribution in [0.25, 0.3) is 104 Å². The Hall–Kier alpha value is -14.6. The van der Waals surface area contributed by atoms with Crippen molar-refractivity contribution in [2.45, 2.75) is 193 Å². The zero-order chi connectivity index (χ0) is 94.1. The maximum atomic E-state index is 2.36. The topological polar surface area (TPSA) is 0 Å². The summed E-state index contributed by atoms with van der Waals surface area (Å²) in [4.78, 5) is 0. The molecule has 0 amide bonds. The quantitative estimate of drug-likeness (QED) is 0.126. The van der Waals surface area contributed by atoms with E-state index in [2.05, 4.69) is 441 Å². The molecule has 6 aliphatic rings. The Kier molecular flexibility index (Phi) is 43.8. The van der Waals surface area contributed by atoms with Crippen LogP contribution in [0.15, 0.2) is 467 Å². The number of hydrogen-bond acceptors (Lipinski definition) is 0. The molecule has 0 heteroatoms. The van der Waals surface area contributed by atoms with Gasteiger partial charge in [-0.25, -0.2) is 0 Å². The average molecular weight is 1850 g/mol. The molecule has 0 heterocycles. The molecule has 26 rings (SSSR count). The number of aryl methyl sites for hydroxylation is 9. The Bertz CT molecular complexity index is 6940. The minimum atomic E-state index is 0. The van der Waals surface area contributed by atoms with Gasteiger partial charge in [-0.1, -0.05) is 551 Å². The third kappa shape index (κ3) is 30.0. The molecule has 20 aromatic carbocycles.